The van der Waals surface area contributed by atoms with Crippen LogP contribution in [-0.4, -0.2) is 38.3 Å². The van der Waals surface area contributed by atoms with E-state index in [4.69, 9.17) is 11.5 Å². The molecule has 0 aromatic carbocycles. The van der Waals surface area contributed by atoms with Crippen molar-refractivity contribution in [1.82, 2.24) is 10.6 Å². The number of nitrogens with one attached hydrogen (secondary N) is 2. The van der Waals surface area contributed by atoms with Crippen molar-refractivity contribution in [3.8, 4) is 0 Å². The van der Waals surface area contributed by atoms with E-state index in [1.807, 2.05) is 0 Å². The van der Waals surface area contributed by atoms with Crippen LogP contribution in [0.1, 0.15) is 39.5 Å². The van der Waals surface area contributed by atoms with Crippen molar-refractivity contribution in [2.24, 2.45) is 11.5 Å². The van der Waals surface area contributed by atoms with Crippen LogP contribution in [0.25, 0.3) is 0 Å². The van der Waals surface area contributed by atoms with Crippen molar-refractivity contribution >= 4 is 0 Å². The first-order valence-electron chi connectivity index (χ1n) is 6.57. The van der Waals surface area contributed by atoms with Crippen LogP contribution in [0.2, 0.25) is 0 Å². The maximum Gasteiger partial charge on any atom is 0.00507 e. The number of nitrogens with two attached hydrogens (primary N) is 2. The lowest BCUT2D eigenvalue weighted by Gasteiger charge is -2.14. The molecule has 0 spiro atoms. The number of unbranched alkanes of at least 4 members (excludes halogenated alkanes) is 1. The summed E-state index contributed by atoms with van der Waals surface area (Å²) in [6.45, 7) is 8.10. The highest BCUT2D eigenvalue weighted by Crippen LogP contribution is 1.92. The van der Waals surface area contributed by atoms with Gasteiger partial charge in [-0.15, -0.1) is 0 Å². The van der Waals surface area contributed by atoms with Crippen molar-refractivity contribution in [1.29, 1.82) is 0 Å². The molecule has 0 aromatic heterocycles. The molecule has 0 saturated heterocycles. The number of hydrogen-bond donors (Lipinski definition) is 4. The van der Waals surface area contributed by atoms with Gasteiger partial charge < -0.3 is 22.1 Å². The second-order valence-corrected chi connectivity index (χ2v) is 4.57. The monoisotopic (exact) mass is 230 g/mol. The summed E-state index contributed by atoms with van der Waals surface area (Å²) in [6.07, 6.45) is 4.56. The van der Waals surface area contributed by atoms with Gasteiger partial charge in [0.25, 0.3) is 0 Å². The van der Waals surface area contributed by atoms with Gasteiger partial charge in [-0.05, 0) is 65.7 Å². The molecule has 0 bridgehead atoms. The van der Waals surface area contributed by atoms with Gasteiger partial charge in [0, 0.05) is 12.1 Å². The molecule has 4 heteroatoms. The Hall–Kier alpha value is -0.160. The fourth-order valence-electron chi connectivity index (χ4n) is 1.65. The smallest absolute Gasteiger partial charge is 0.00507 e. The summed E-state index contributed by atoms with van der Waals surface area (Å²) in [4.78, 5) is 0. The van der Waals surface area contributed by atoms with Gasteiger partial charge in [0.15, 0.2) is 0 Å². The van der Waals surface area contributed by atoms with E-state index in [0.29, 0.717) is 12.1 Å². The molecule has 0 heterocycles. The van der Waals surface area contributed by atoms with Gasteiger partial charge in [0.2, 0.25) is 0 Å². The molecule has 0 aromatic rings. The topological polar surface area (TPSA) is 76.1 Å². The summed E-state index contributed by atoms with van der Waals surface area (Å²) < 4.78 is 0. The quantitative estimate of drug-likeness (QED) is 0.388. The summed E-state index contributed by atoms with van der Waals surface area (Å²) >= 11 is 0. The first-order chi connectivity index (χ1) is 7.70. The van der Waals surface area contributed by atoms with Crippen LogP contribution in [0.15, 0.2) is 0 Å². The van der Waals surface area contributed by atoms with Gasteiger partial charge in [-0.3, -0.25) is 0 Å². The molecule has 0 fully saturated rings. The lowest BCUT2D eigenvalue weighted by molar-refractivity contribution is 0.476. The molecule has 0 aliphatic carbocycles. The standard InChI is InChI=1S/C12H30N4/c1-11(5-7-13)15-9-3-4-10-16-12(2)6-8-14/h11-12,15-16H,3-10,13-14H2,1-2H3. The molecule has 2 unspecified atom stereocenters. The normalized spacial score (nSPS) is 15.0. The van der Waals surface area contributed by atoms with E-state index in [0.717, 1.165) is 39.0 Å². The molecule has 0 amide bonds. The van der Waals surface area contributed by atoms with Crippen molar-refractivity contribution in [3.63, 3.8) is 0 Å². The third-order valence-electron chi connectivity index (χ3n) is 2.79. The second-order valence-electron chi connectivity index (χ2n) is 4.57. The molecular formula is C12H30N4. The van der Waals surface area contributed by atoms with Crippen LogP contribution in [-0.2, 0) is 0 Å². The Morgan fingerprint density at radius 2 is 1.19 bits per heavy atom. The predicted octanol–water partition coefficient (Wildman–Crippen LogP) is 0.420. The zero-order valence-electron chi connectivity index (χ0n) is 11.0. The summed E-state index contributed by atoms with van der Waals surface area (Å²) in [5, 5.41) is 6.94. The molecule has 0 aliphatic heterocycles. The van der Waals surface area contributed by atoms with Gasteiger partial charge in [-0.25, -0.2) is 0 Å². The Bertz CT molecular complexity index is 125. The summed E-state index contributed by atoms with van der Waals surface area (Å²) in [5.74, 6) is 0. The number of hydrogen-bond acceptors (Lipinski definition) is 4. The van der Waals surface area contributed by atoms with E-state index in [2.05, 4.69) is 24.5 Å². The SMILES string of the molecule is CC(CCN)NCCCCNC(C)CCN. The van der Waals surface area contributed by atoms with Crippen LogP contribution in [0.5, 0.6) is 0 Å². The van der Waals surface area contributed by atoms with Gasteiger partial charge in [0.1, 0.15) is 0 Å². The van der Waals surface area contributed by atoms with Crippen LogP contribution in [0.3, 0.4) is 0 Å². The van der Waals surface area contributed by atoms with Gasteiger partial charge >= 0.3 is 0 Å². The summed E-state index contributed by atoms with van der Waals surface area (Å²) in [5.41, 5.74) is 11.0. The predicted molar refractivity (Wildman–Crippen MR) is 71.5 cm³/mol. The average Bonchev–Trinajstić information content (AvgIpc) is 2.24. The lowest BCUT2D eigenvalue weighted by atomic mass is 10.2. The molecule has 0 rings (SSSR count). The molecule has 16 heavy (non-hydrogen) atoms. The second kappa shape index (κ2) is 11.3. The molecule has 0 saturated carbocycles. The Balaban J connectivity index is 3.15. The van der Waals surface area contributed by atoms with Crippen LogP contribution >= 0.6 is 0 Å². The highest BCUT2D eigenvalue weighted by molar-refractivity contribution is 4.63. The molecule has 0 radical (unpaired) electrons. The van der Waals surface area contributed by atoms with Crippen LogP contribution in [0, 0.1) is 0 Å². The lowest BCUT2D eigenvalue weighted by Crippen LogP contribution is -2.31. The van der Waals surface area contributed by atoms with E-state index in [9.17, 15) is 0 Å². The highest BCUT2D eigenvalue weighted by atomic mass is 14.9. The minimum atomic E-state index is 0.550. The van der Waals surface area contributed by atoms with Crippen molar-refractivity contribution in [2.75, 3.05) is 26.2 Å². The van der Waals surface area contributed by atoms with E-state index in [-0.39, 0.29) is 0 Å². The third kappa shape index (κ3) is 10.4. The highest BCUT2D eigenvalue weighted by Gasteiger charge is 2.00. The minimum absolute atomic E-state index is 0.550. The van der Waals surface area contributed by atoms with Gasteiger partial charge in [-0.1, -0.05) is 0 Å². The van der Waals surface area contributed by atoms with E-state index < -0.39 is 0 Å². The first kappa shape index (κ1) is 15.8. The molecule has 4 nitrogen and oxygen atoms in total. The Labute approximate surface area is 101 Å². The van der Waals surface area contributed by atoms with Crippen LogP contribution in [0.4, 0.5) is 0 Å². The van der Waals surface area contributed by atoms with Crippen LogP contribution < -0.4 is 22.1 Å². The molecule has 98 valence electrons. The van der Waals surface area contributed by atoms with Crippen molar-refractivity contribution in [2.45, 2.75) is 51.6 Å². The first-order valence-corrected chi connectivity index (χ1v) is 6.57. The zero-order valence-corrected chi connectivity index (χ0v) is 11.0. The maximum atomic E-state index is 5.48. The molecule has 6 N–H and O–H groups in total. The van der Waals surface area contributed by atoms with E-state index in [1.165, 1.54) is 12.8 Å². The Morgan fingerprint density at radius 1 is 0.812 bits per heavy atom. The fourth-order valence-corrected chi connectivity index (χ4v) is 1.65. The third-order valence-corrected chi connectivity index (χ3v) is 2.79. The van der Waals surface area contributed by atoms with Gasteiger partial charge in [-0.2, -0.15) is 0 Å². The summed E-state index contributed by atoms with van der Waals surface area (Å²) in [7, 11) is 0. The van der Waals surface area contributed by atoms with Crippen molar-refractivity contribution in [3.05, 3.63) is 0 Å². The average molecular weight is 230 g/mol. The van der Waals surface area contributed by atoms with E-state index >= 15 is 0 Å². The minimum Gasteiger partial charge on any atom is -0.330 e. The Morgan fingerprint density at radius 3 is 1.50 bits per heavy atom. The summed E-state index contributed by atoms with van der Waals surface area (Å²) in [6, 6.07) is 1.10. The van der Waals surface area contributed by atoms with Gasteiger partial charge in [0.05, 0.1) is 0 Å². The van der Waals surface area contributed by atoms with E-state index in [1.54, 1.807) is 0 Å². The Kier molecular flexibility index (Phi) is 11.2. The molecular weight excluding hydrogens is 200 g/mol. The fraction of sp³-hybridized carbons (Fsp3) is 1.00. The molecule has 2 atom stereocenters. The largest absolute Gasteiger partial charge is 0.330 e. The molecule has 0 aliphatic rings. The zero-order chi connectivity index (χ0) is 12.2. The maximum absolute atomic E-state index is 5.48. The van der Waals surface area contributed by atoms with Crippen molar-refractivity contribution < 1.29 is 0 Å². The number of rotatable bonds is 11.